The lowest BCUT2D eigenvalue weighted by atomic mass is 9.83. The standard InChI is InChI=1S/C23H19NO3/c25-18-3-4-19-16(10-18)9-17-13-27-22-12-21(26)15(11-20(22)23(17)19)2-1-14-5-7-24-8-6-14/h1-8,10-12,17,23,25-26H,9,13H2/b2-1+/t17?,23-/m1/s1. The number of nitrogens with zero attached hydrogens (tertiary/aromatic N) is 1. The molecule has 2 aliphatic rings. The summed E-state index contributed by atoms with van der Waals surface area (Å²) >= 11 is 0. The van der Waals surface area contributed by atoms with E-state index in [1.165, 1.54) is 11.1 Å². The van der Waals surface area contributed by atoms with E-state index in [0.717, 1.165) is 28.9 Å². The van der Waals surface area contributed by atoms with Crippen LogP contribution >= 0.6 is 0 Å². The number of pyridine rings is 1. The lowest BCUT2D eigenvalue weighted by Gasteiger charge is -2.30. The van der Waals surface area contributed by atoms with Crippen LogP contribution < -0.4 is 4.74 Å². The summed E-state index contributed by atoms with van der Waals surface area (Å²) in [7, 11) is 0. The highest BCUT2D eigenvalue weighted by Gasteiger charge is 2.39. The summed E-state index contributed by atoms with van der Waals surface area (Å²) < 4.78 is 5.94. The third kappa shape index (κ3) is 2.74. The van der Waals surface area contributed by atoms with Crippen LogP contribution in [0.15, 0.2) is 54.9 Å². The highest BCUT2D eigenvalue weighted by molar-refractivity contribution is 5.74. The molecule has 1 aliphatic carbocycles. The van der Waals surface area contributed by atoms with Gasteiger partial charge in [0, 0.05) is 41.4 Å². The van der Waals surface area contributed by atoms with Crippen LogP contribution in [-0.4, -0.2) is 21.8 Å². The number of fused-ring (bicyclic) bond motifs is 5. The second-order valence-electron chi connectivity index (χ2n) is 7.20. The predicted molar refractivity (Wildman–Crippen MR) is 104 cm³/mol. The van der Waals surface area contributed by atoms with Gasteiger partial charge < -0.3 is 14.9 Å². The number of aromatic nitrogens is 1. The smallest absolute Gasteiger partial charge is 0.126 e. The van der Waals surface area contributed by atoms with E-state index in [1.54, 1.807) is 24.5 Å². The molecule has 27 heavy (non-hydrogen) atoms. The predicted octanol–water partition coefficient (Wildman–Crippen LogP) is 4.36. The van der Waals surface area contributed by atoms with Crippen LogP contribution in [0.5, 0.6) is 17.2 Å². The van der Waals surface area contributed by atoms with Crippen LogP contribution in [0, 0.1) is 5.92 Å². The lowest BCUT2D eigenvalue weighted by Crippen LogP contribution is -2.23. The quantitative estimate of drug-likeness (QED) is 0.715. The Bertz CT molecular complexity index is 1040. The molecule has 0 amide bonds. The van der Waals surface area contributed by atoms with E-state index in [4.69, 9.17) is 4.74 Å². The molecule has 0 saturated heterocycles. The molecule has 0 fully saturated rings. The van der Waals surface area contributed by atoms with Crippen molar-refractivity contribution < 1.29 is 14.9 Å². The van der Waals surface area contributed by atoms with E-state index in [1.807, 2.05) is 42.5 Å². The Morgan fingerprint density at radius 2 is 1.81 bits per heavy atom. The molecule has 2 aromatic carbocycles. The van der Waals surface area contributed by atoms with E-state index >= 15 is 0 Å². The number of aromatic hydroxyl groups is 2. The monoisotopic (exact) mass is 357 g/mol. The van der Waals surface area contributed by atoms with Crippen LogP contribution in [0.3, 0.4) is 0 Å². The SMILES string of the molecule is Oc1ccc2c(c1)CC1COc3cc(O)c(/C=C/c4ccncc4)cc3[C@@H]21. The summed E-state index contributed by atoms with van der Waals surface area (Å²) in [6.07, 6.45) is 8.27. The summed E-state index contributed by atoms with van der Waals surface area (Å²) in [5, 5.41) is 20.2. The Kier molecular flexibility index (Phi) is 3.64. The molecule has 134 valence electrons. The first kappa shape index (κ1) is 15.9. The maximum absolute atomic E-state index is 10.4. The second-order valence-corrected chi connectivity index (χ2v) is 7.20. The highest BCUT2D eigenvalue weighted by Crippen LogP contribution is 2.50. The Morgan fingerprint density at radius 1 is 0.963 bits per heavy atom. The van der Waals surface area contributed by atoms with Gasteiger partial charge in [-0.3, -0.25) is 4.98 Å². The van der Waals surface area contributed by atoms with E-state index in [0.29, 0.717) is 18.3 Å². The molecule has 2 N–H and O–H groups in total. The fraction of sp³-hybridized carbons (Fsp3) is 0.174. The van der Waals surface area contributed by atoms with E-state index in [2.05, 4.69) is 4.98 Å². The number of benzene rings is 2. The van der Waals surface area contributed by atoms with Crippen LogP contribution in [0.1, 0.15) is 33.7 Å². The molecule has 4 nitrogen and oxygen atoms in total. The van der Waals surface area contributed by atoms with E-state index in [-0.39, 0.29) is 11.7 Å². The van der Waals surface area contributed by atoms with Crippen LogP contribution in [0.4, 0.5) is 0 Å². The van der Waals surface area contributed by atoms with Gasteiger partial charge in [0.2, 0.25) is 0 Å². The largest absolute Gasteiger partial charge is 0.508 e. The molecule has 0 radical (unpaired) electrons. The molecule has 0 spiro atoms. The van der Waals surface area contributed by atoms with Crippen molar-refractivity contribution in [3.63, 3.8) is 0 Å². The average Bonchev–Trinajstić information content (AvgIpc) is 3.05. The Balaban J connectivity index is 1.57. The van der Waals surface area contributed by atoms with Crippen molar-refractivity contribution in [2.75, 3.05) is 6.61 Å². The molecule has 1 aliphatic heterocycles. The molecule has 0 saturated carbocycles. The number of hydrogen-bond acceptors (Lipinski definition) is 4. The highest BCUT2D eigenvalue weighted by atomic mass is 16.5. The van der Waals surface area contributed by atoms with Crippen LogP contribution in [0.2, 0.25) is 0 Å². The zero-order valence-corrected chi connectivity index (χ0v) is 14.7. The molecule has 0 bridgehead atoms. The van der Waals surface area contributed by atoms with Crippen molar-refractivity contribution in [1.82, 2.24) is 4.98 Å². The summed E-state index contributed by atoms with van der Waals surface area (Å²) in [4.78, 5) is 4.02. The van der Waals surface area contributed by atoms with Gasteiger partial charge in [-0.05, 0) is 53.4 Å². The first-order chi connectivity index (χ1) is 13.2. The third-order valence-electron chi connectivity index (χ3n) is 5.52. The van der Waals surface area contributed by atoms with Gasteiger partial charge in [0.05, 0.1) is 6.61 Å². The topological polar surface area (TPSA) is 62.6 Å². The number of phenols is 2. The Labute approximate surface area is 157 Å². The van der Waals surface area contributed by atoms with Gasteiger partial charge in [-0.25, -0.2) is 0 Å². The van der Waals surface area contributed by atoms with Gasteiger partial charge in [0.25, 0.3) is 0 Å². The van der Waals surface area contributed by atoms with Crippen molar-refractivity contribution >= 4 is 12.2 Å². The number of phenolic OH excluding ortho intramolecular Hbond substituents is 2. The van der Waals surface area contributed by atoms with Crippen molar-refractivity contribution in [2.45, 2.75) is 12.3 Å². The number of hydrogen-bond donors (Lipinski definition) is 2. The minimum absolute atomic E-state index is 0.210. The number of rotatable bonds is 2. The maximum atomic E-state index is 10.4. The normalized spacial score (nSPS) is 20.0. The van der Waals surface area contributed by atoms with Gasteiger partial charge >= 0.3 is 0 Å². The number of ether oxygens (including phenoxy) is 1. The fourth-order valence-electron chi connectivity index (χ4n) is 4.27. The molecule has 3 aromatic rings. The van der Waals surface area contributed by atoms with Crippen LogP contribution in [-0.2, 0) is 6.42 Å². The summed E-state index contributed by atoms with van der Waals surface area (Å²) in [5.74, 6) is 1.85. The molecular formula is C23H19NO3. The van der Waals surface area contributed by atoms with Gasteiger partial charge in [-0.2, -0.15) is 0 Å². The van der Waals surface area contributed by atoms with Gasteiger partial charge in [0.15, 0.2) is 0 Å². The van der Waals surface area contributed by atoms with Crippen molar-refractivity contribution in [1.29, 1.82) is 0 Å². The van der Waals surface area contributed by atoms with Crippen LogP contribution in [0.25, 0.3) is 12.2 Å². The molecule has 1 unspecified atom stereocenters. The minimum atomic E-state index is 0.210. The maximum Gasteiger partial charge on any atom is 0.126 e. The molecule has 4 heteroatoms. The Hall–Kier alpha value is -3.27. The molecule has 1 aromatic heterocycles. The minimum Gasteiger partial charge on any atom is -0.508 e. The summed E-state index contributed by atoms with van der Waals surface area (Å²) in [6, 6.07) is 13.2. The first-order valence-electron chi connectivity index (χ1n) is 9.08. The molecule has 2 atom stereocenters. The van der Waals surface area contributed by atoms with Gasteiger partial charge in [-0.1, -0.05) is 18.2 Å². The summed E-state index contributed by atoms with van der Waals surface area (Å²) in [6.45, 7) is 0.624. The van der Waals surface area contributed by atoms with Crippen molar-refractivity contribution in [2.24, 2.45) is 5.92 Å². The van der Waals surface area contributed by atoms with Crippen molar-refractivity contribution in [3.8, 4) is 17.2 Å². The van der Waals surface area contributed by atoms with Gasteiger partial charge in [0.1, 0.15) is 17.2 Å². The zero-order valence-electron chi connectivity index (χ0n) is 14.7. The zero-order chi connectivity index (χ0) is 18.4. The molecular weight excluding hydrogens is 338 g/mol. The van der Waals surface area contributed by atoms with Crippen molar-refractivity contribution in [3.05, 3.63) is 82.7 Å². The molecule has 2 heterocycles. The summed E-state index contributed by atoms with van der Waals surface area (Å²) in [5.41, 5.74) is 5.32. The second kappa shape index (κ2) is 6.16. The van der Waals surface area contributed by atoms with E-state index < -0.39 is 0 Å². The van der Waals surface area contributed by atoms with Gasteiger partial charge in [-0.15, -0.1) is 0 Å². The fourth-order valence-corrected chi connectivity index (χ4v) is 4.27. The third-order valence-corrected chi connectivity index (χ3v) is 5.52. The average molecular weight is 357 g/mol. The molecule has 5 rings (SSSR count). The first-order valence-corrected chi connectivity index (χ1v) is 9.08. The van der Waals surface area contributed by atoms with E-state index in [9.17, 15) is 10.2 Å². The lowest BCUT2D eigenvalue weighted by molar-refractivity contribution is 0.214. The Morgan fingerprint density at radius 3 is 2.67 bits per heavy atom.